The van der Waals surface area contributed by atoms with Crippen molar-refractivity contribution in [2.45, 2.75) is 32.1 Å². The van der Waals surface area contributed by atoms with Gasteiger partial charge in [-0.1, -0.05) is 19.9 Å². The fourth-order valence-electron chi connectivity index (χ4n) is 4.38. The van der Waals surface area contributed by atoms with Crippen LogP contribution < -0.4 is 14.2 Å². The highest BCUT2D eigenvalue weighted by Crippen LogP contribution is 2.58. The normalized spacial score (nSPS) is 21.3. The smallest absolute Gasteiger partial charge is 0.201 e. The molecule has 140 valence electrons. The van der Waals surface area contributed by atoms with Gasteiger partial charge in [-0.25, -0.2) is 0 Å². The molecule has 5 nitrogen and oxygen atoms in total. The molecule has 0 amide bonds. The molecule has 3 atom stereocenters. The first-order valence-corrected chi connectivity index (χ1v) is 8.83. The number of benzene rings is 2. The Morgan fingerprint density at radius 3 is 2.23 bits per heavy atom. The highest BCUT2D eigenvalue weighted by molar-refractivity contribution is 5.64. The molecule has 0 unspecified atom stereocenters. The van der Waals surface area contributed by atoms with Crippen LogP contribution in [0.5, 0.6) is 28.7 Å². The van der Waals surface area contributed by atoms with Gasteiger partial charge in [0.05, 0.1) is 21.3 Å². The van der Waals surface area contributed by atoms with Crippen LogP contribution in [0.4, 0.5) is 0 Å². The van der Waals surface area contributed by atoms with Crippen molar-refractivity contribution in [2.75, 3.05) is 21.3 Å². The van der Waals surface area contributed by atoms with E-state index in [1.54, 1.807) is 20.3 Å². The Balaban J connectivity index is 2.26. The van der Waals surface area contributed by atoms with E-state index in [0.717, 1.165) is 23.1 Å². The average Bonchev–Trinajstić information content (AvgIpc) is 2.92. The van der Waals surface area contributed by atoms with Gasteiger partial charge in [0.15, 0.2) is 23.0 Å². The number of hydrogen-bond donors (Lipinski definition) is 2. The van der Waals surface area contributed by atoms with Crippen LogP contribution >= 0.6 is 0 Å². The number of fused-ring (bicyclic) bond motifs is 1. The standard InChI is InChI=1S/C21H26O5/c1-6-13-11(2)18(12-7-8-15(22)16(9-12)24-3)19-14(13)10-17(25-4)20(23)21(19)26-5/h7-11,13,18,22-23H,6H2,1-5H3/t11-,13+,18+/m0/s1. The van der Waals surface area contributed by atoms with E-state index in [1.807, 2.05) is 18.2 Å². The van der Waals surface area contributed by atoms with Crippen LogP contribution in [0.1, 0.15) is 48.8 Å². The van der Waals surface area contributed by atoms with E-state index in [0.29, 0.717) is 29.1 Å². The third-order valence-corrected chi connectivity index (χ3v) is 5.59. The molecule has 0 aliphatic heterocycles. The zero-order valence-corrected chi connectivity index (χ0v) is 15.9. The van der Waals surface area contributed by atoms with Crippen LogP contribution in [0.3, 0.4) is 0 Å². The minimum Gasteiger partial charge on any atom is -0.504 e. The van der Waals surface area contributed by atoms with E-state index < -0.39 is 0 Å². The molecule has 1 aliphatic rings. The molecule has 2 aromatic rings. The van der Waals surface area contributed by atoms with E-state index in [-0.39, 0.29) is 17.4 Å². The first-order valence-electron chi connectivity index (χ1n) is 8.83. The quantitative estimate of drug-likeness (QED) is 0.829. The molecule has 26 heavy (non-hydrogen) atoms. The van der Waals surface area contributed by atoms with Crippen LogP contribution in [0, 0.1) is 5.92 Å². The van der Waals surface area contributed by atoms with Crippen molar-refractivity contribution < 1.29 is 24.4 Å². The second kappa shape index (κ2) is 6.98. The summed E-state index contributed by atoms with van der Waals surface area (Å²) in [4.78, 5) is 0. The van der Waals surface area contributed by atoms with Gasteiger partial charge in [0.1, 0.15) is 0 Å². The highest BCUT2D eigenvalue weighted by Gasteiger charge is 2.42. The van der Waals surface area contributed by atoms with Gasteiger partial charge in [0.25, 0.3) is 0 Å². The topological polar surface area (TPSA) is 68.2 Å². The second-order valence-corrected chi connectivity index (χ2v) is 6.75. The molecule has 0 fully saturated rings. The Hall–Kier alpha value is -2.56. The number of rotatable bonds is 5. The van der Waals surface area contributed by atoms with Gasteiger partial charge in [-0.2, -0.15) is 0 Å². The molecule has 0 aromatic heterocycles. The summed E-state index contributed by atoms with van der Waals surface area (Å²) in [5.41, 5.74) is 3.15. The van der Waals surface area contributed by atoms with Gasteiger partial charge in [-0.15, -0.1) is 0 Å². The molecule has 1 aliphatic carbocycles. The van der Waals surface area contributed by atoms with Crippen molar-refractivity contribution in [1.29, 1.82) is 0 Å². The van der Waals surface area contributed by atoms with Crippen molar-refractivity contribution in [3.8, 4) is 28.7 Å². The van der Waals surface area contributed by atoms with Crippen LogP contribution in [-0.4, -0.2) is 31.5 Å². The van der Waals surface area contributed by atoms with E-state index in [9.17, 15) is 10.2 Å². The van der Waals surface area contributed by atoms with Gasteiger partial charge >= 0.3 is 0 Å². The molecule has 0 spiro atoms. The molecule has 0 saturated heterocycles. The van der Waals surface area contributed by atoms with E-state index in [2.05, 4.69) is 13.8 Å². The summed E-state index contributed by atoms with van der Waals surface area (Å²) >= 11 is 0. The van der Waals surface area contributed by atoms with E-state index in [4.69, 9.17) is 14.2 Å². The Morgan fingerprint density at radius 2 is 1.65 bits per heavy atom. The molecule has 2 aromatic carbocycles. The van der Waals surface area contributed by atoms with Crippen molar-refractivity contribution in [3.05, 3.63) is 41.0 Å². The van der Waals surface area contributed by atoms with E-state index in [1.165, 1.54) is 7.11 Å². The molecule has 0 radical (unpaired) electrons. The number of phenolic OH excluding ortho intramolecular Hbond substituents is 2. The summed E-state index contributed by atoms with van der Waals surface area (Å²) in [6.45, 7) is 4.37. The lowest BCUT2D eigenvalue weighted by Crippen LogP contribution is -2.10. The van der Waals surface area contributed by atoms with Gasteiger partial charge in [0, 0.05) is 11.5 Å². The lowest BCUT2D eigenvalue weighted by molar-refractivity contribution is 0.336. The Kier molecular flexibility index (Phi) is 4.90. The molecule has 0 heterocycles. The maximum atomic E-state index is 10.6. The van der Waals surface area contributed by atoms with Crippen molar-refractivity contribution in [2.24, 2.45) is 5.92 Å². The van der Waals surface area contributed by atoms with Gasteiger partial charge in [-0.3, -0.25) is 0 Å². The van der Waals surface area contributed by atoms with Crippen LogP contribution in [-0.2, 0) is 0 Å². The Labute approximate surface area is 154 Å². The van der Waals surface area contributed by atoms with Gasteiger partial charge < -0.3 is 24.4 Å². The van der Waals surface area contributed by atoms with Crippen LogP contribution in [0.15, 0.2) is 24.3 Å². The summed E-state index contributed by atoms with van der Waals surface area (Å²) in [7, 11) is 4.65. The predicted octanol–water partition coefficient (Wildman–Crippen LogP) is 4.40. The molecule has 0 saturated carbocycles. The third-order valence-electron chi connectivity index (χ3n) is 5.59. The summed E-state index contributed by atoms with van der Waals surface area (Å²) in [6.07, 6.45) is 0.969. The molecular formula is C21H26O5. The Bertz CT molecular complexity index is 815. The molecule has 3 rings (SSSR count). The van der Waals surface area contributed by atoms with Crippen LogP contribution in [0.25, 0.3) is 0 Å². The fourth-order valence-corrected chi connectivity index (χ4v) is 4.38. The van der Waals surface area contributed by atoms with Gasteiger partial charge in [0.2, 0.25) is 5.75 Å². The Morgan fingerprint density at radius 1 is 0.962 bits per heavy atom. The summed E-state index contributed by atoms with van der Waals surface area (Å²) in [5.74, 6) is 2.09. The molecule has 5 heteroatoms. The summed E-state index contributed by atoms with van der Waals surface area (Å²) in [6, 6.07) is 7.34. The average molecular weight is 358 g/mol. The number of hydrogen-bond acceptors (Lipinski definition) is 5. The fraction of sp³-hybridized carbons (Fsp3) is 0.429. The maximum Gasteiger partial charge on any atom is 0.201 e. The third kappa shape index (κ3) is 2.62. The van der Waals surface area contributed by atoms with Crippen molar-refractivity contribution >= 4 is 0 Å². The van der Waals surface area contributed by atoms with Crippen LogP contribution in [0.2, 0.25) is 0 Å². The molecule has 0 bridgehead atoms. The lowest BCUT2D eigenvalue weighted by Gasteiger charge is -2.22. The maximum absolute atomic E-state index is 10.6. The SMILES string of the molecule is CC[C@H]1c2cc(OC)c(O)c(OC)c2[C@@H](c2ccc(O)c(OC)c2)[C@H]1C. The monoisotopic (exact) mass is 358 g/mol. The minimum absolute atomic E-state index is 0.0217. The predicted molar refractivity (Wildman–Crippen MR) is 99.9 cm³/mol. The largest absolute Gasteiger partial charge is 0.504 e. The lowest BCUT2D eigenvalue weighted by atomic mass is 9.82. The van der Waals surface area contributed by atoms with Crippen molar-refractivity contribution in [1.82, 2.24) is 0 Å². The van der Waals surface area contributed by atoms with Crippen molar-refractivity contribution in [3.63, 3.8) is 0 Å². The summed E-state index contributed by atoms with van der Waals surface area (Å²) in [5, 5.41) is 20.5. The number of methoxy groups -OCH3 is 3. The molecule has 2 N–H and O–H groups in total. The first-order chi connectivity index (χ1) is 12.5. The number of ether oxygens (including phenoxy) is 3. The molecular weight excluding hydrogens is 332 g/mol. The number of phenols is 2. The van der Waals surface area contributed by atoms with E-state index >= 15 is 0 Å². The zero-order chi connectivity index (χ0) is 19.0. The minimum atomic E-state index is 0.0217. The summed E-state index contributed by atoms with van der Waals surface area (Å²) < 4.78 is 16.2. The highest BCUT2D eigenvalue weighted by atomic mass is 16.5. The van der Waals surface area contributed by atoms with Gasteiger partial charge in [-0.05, 0) is 47.6 Å². The number of aromatic hydroxyl groups is 2. The first kappa shape index (κ1) is 18.2. The second-order valence-electron chi connectivity index (χ2n) is 6.75. The zero-order valence-electron chi connectivity index (χ0n) is 15.9.